The van der Waals surface area contributed by atoms with Gasteiger partial charge in [-0.15, -0.1) is 0 Å². The lowest BCUT2D eigenvalue weighted by atomic mass is 9.87. The van der Waals surface area contributed by atoms with Crippen molar-refractivity contribution in [2.45, 2.75) is 72.8 Å². The maximum Gasteiger partial charge on any atom is 0.0281 e. The summed E-state index contributed by atoms with van der Waals surface area (Å²) in [6.45, 7) is 15.5. The second-order valence-corrected chi connectivity index (χ2v) is 5.22. The summed E-state index contributed by atoms with van der Waals surface area (Å²) in [5, 5.41) is 3.57. The minimum atomic E-state index is 0.603. The predicted molar refractivity (Wildman–Crippen MR) is 74.5 cm³/mol. The molecule has 0 spiro atoms. The highest BCUT2D eigenvalue weighted by molar-refractivity contribution is 4.93. The molecule has 1 N–H and O–H groups in total. The molecule has 0 bridgehead atoms. The average molecular weight is 225 g/mol. The molecule has 0 rings (SSSR count). The van der Waals surface area contributed by atoms with Crippen LogP contribution in [0.15, 0.2) is 12.3 Å². The summed E-state index contributed by atoms with van der Waals surface area (Å²) in [4.78, 5) is 0. The Morgan fingerprint density at radius 2 is 1.81 bits per heavy atom. The molecule has 3 unspecified atom stereocenters. The molecule has 0 aliphatic heterocycles. The van der Waals surface area contributed by atoms with Gasteiger partial charge in [0.15, 0.2) is 0 Å². The quantitative estimate of drug-likeness (QED) is 0.597. The zero-order valence-corrected chi connectivity index (χ0v) is 12.0. The first-order valence-corrected chi connectivity index (χ1v) is 6.99. The van der Waals surface area contributed by atoms with Gasteiger partial charge in [0.2, 0.25) is 0 Å². The van der Waals surface area contributed by atoms with Crippen LogP contribution in [0.2, 0.25) is 0 Å². The largest absolute Gasteiger partial charge is 0.386 e. The Bertz CT molecular complexity index is 186. The lowest BCUT2D eigenvalue weighted by Gasteiger charge is -2.28. The van der Waals surface area contributed by atoms with Crippen LogP contribution in [0, 0.1) is 11.8 Å². The van der Waals surface area contributed by atoms with E-state index in [1.54, 1.807) is 0 Å². The van der Waals surface area contributed by atoms with Gasteiger partial charge in [0.25, 0.3) is 0 Å². The molecule has 0 heterocycles. The normalized spacial score (nSPS) is 16.6. The van der Waals surface area contributed by atoms with Gasteiger partial charge in [-0.2, -0.15) is 0 Å². The van der Waals surface area contributed by atoms with E-state index in [0.29, 0.717) is 6.04 Å². The maximum absolute atomic E-state index is 4.05. The van der Waals surface area contributed by atoms with Gasteiger partial charge in [-0.25, -0.2) is 0 Å². The summed E-state index contributed by atoms with van der Waals surface area (Å²) in [5.74, 6) is 1.60. The molecule has 1 heteroatoms. The van der Waals surface area contributed by atoms with Crippen LogP contribution >= 0.6 is 0 Å². The summed E-state index contributed by atoms with van der Waals surface area (Å²) in [6.07, 6.45) is 6.22. The Morgan fingerprint density at radius 1 is 1.19 bits per heavy atom. The van der Waals surface area contributed by atoms with Gasteiger partial charge in [0.05, 0.1) is 0 Å². The first kappa shape index (κ1) is 15.5. The third-order valence-electron chi connectivity index (χ3n) is 3.50. The van der Waals surface area contributed by atoms with Crippen LogP contribution in [0.3, 0.4) is 0 Å². The summed E-state index contributed by atoms with van der Waals surface area (Å²) in [5.41, 5.74) is 1.18. The number of allylic oxidation sites excluding steroid dienone is 1. The van der Waals surface area contributed by atoms with Crippen LogP contribution in [0.5, 0.6) is 0 Å². The zero-order chi connectivity index (χ0) is 12.6. The first-order chi connectivity index (χ1) is 7.54. The van der Waals surface area contributed by atoms with Gasteiger partial charge in [-0.1, -0.05) is 54.0 Å². The fourth-order valence-corrected chi connectivity index (χ4v) is 2.42. The van der Waals surface area contributed by atoms with Gasteiger partial charge in [-0.3, -0.25) is 0 Å². The summed E-state index contributed by atoms with van der Waals surface area (Å²) in [7, 11) is 0. The van der Waals surface area contributed by atoms with Crippen LogP contribution in [-0.2, 0) is 0 Å². The SMILES string of the molecule is C=C(CC)NC(CC)C(C)CC(C)CCC. The molecule has 0 amide bonds. The minimum Gasteiger partial charge on any atom is -0.386 e. The molecule has 0 aromatic heterocycles. The molecule has 0 saturated heterocycles. The molecule has 0 aromatic rings. The molecule has 0 aliphatic carbocycles. The van der Waals surface area contributed by atoms with E-state index in [1.165, 1.54) is 31.4 Å². The third-order valence-corrected chi connectivity index (χ3v) is 3.50. The number of rotatable bonds is 9. The summed E-state index contributed by atoms with van der Waals surface area (Å²) < 4.78 is 0. The van der Waals surface area contributed by atoms with Crippen molar-refractivity contribution in [3.63, 3.8) is 0 Å². The monoisotopic (exact) mass is 225 g/mol. The maximum atomic E-state index is 4.05. The average Bonchev–Trinajstić information content (AvgIpc) is 2.25. The predicted octanol–water partition coefficient (Wildman–Crippen LogP) is 4.74. The summed E-state index contributed by atoms with van der Waals surface area (Å²) >= 11 is 0. The van der Waals surface area contributed by atoms with E-state index >= 15 is 0 Å². The summed E-state index contributed by atoms with van der Waals surface area (Å²) in [6, 6.07) is 0.603. The van der Waals surface area contributed by atoms with Crippen molar-refractivity contribution in [2.75, 3.05) is 0 Å². The Hall–Kier alpha value is -0.460. The van der Waals surface area contributed by atoms with Gasteiger partial charge in [0, 0.05) is 11.7 Å². The van der Waals surface area contributed by atoms with Crippen molar-refractivity contribution in [1.29, 1.82) is 0 Å². The van der Waals surface area contributed by atoms with Crippen LogP contribution in [-0.4, -0.2) is 6.04 Å². The van der Waals surface area contributed by atoms with Crippen molar-refractivity contribution < 1.29 is 0 Å². The van der Waals surface area contributed by atoms with Crippen LogP contribution in [0.25, 0.3) is 0 Å². The van der Waals surface area contributed by atoms with E-state index in [-0.39, 0.29) is 0 Å². The van der Waals surface area contributed by atoms with E-state index in [4.69, 9.17) is 0 Å². The highest BCUT2D eigenvalue weighted by Crippen LogP contribution is 2.21. The van der Waals surface area contributed by atoms with Gasteiger partial charge in [-0.05, 0) is 31.1 Å². The van der Waals surface area contributed by atoms with Gasteiger partial charge in [0.1, 0.15) is 0 Å². The molecule has 0 saturated carbocycles. The molecule has 16 heavy (non-hydrogen) atoms. The van der Waals surface area contributed by atoms with Crippen molar-refractivity contribution in [1.82, 2.24) is 5.32 Å². The van der Waals surface area contributed by atoms with Crippen LogP contribution in [0.4, 0.5) is 0 Å². The van der Waals surface area contributed by atoms with Gasteiger partial charge < -0.3 is 5.32 Å². The van der Waals surface area contributed by atoms with Crippen molar-refractivity contribution >= 4 is 0 Å². The minimum absolute atomic E-state index is 0.603. The molecule has 0 radical (unpaired) electrons. The number of hydrogen-bond acceptors (Lipinski definition) is 1. The third kappa shape index (κ3) is 6.19. The Morgan fingerprint density at radius 3 is 2.25 bits per heavy atom. The fraction of sp³-hybridized carbons (Fsp3) is 0.867. The molecule has 3 atom stereocenters. The van der Waals surface area contributed by atoms with E-state index < -0.39 is 0 Å². The highest BCUT2D eigenvalue weighted by Gasteiger charge is 2.17. The standard InChI is InChI=1S/C15H31N/c1-7-10-12(4)11-13(5)15(9-3)16-14(6)8-2/h12-13,15-16H,6-11H2,1-5H3. The topological polar surface area (TPSA) is 12.0 Å². The van der Waals surface area contributed by atoms with E-state index in [9.17, 15) is 0 Å². The Kier molecular flexibility index (Phi) is 8.42. The number of nitrogens with one attached hydrogen (secondary N) is 1. The molecule has 96 valence electrons. The molecule has 0 fully saturated rings. The van der Waals surface area contributed by atoms with Gasteiger partial charge >= 0.3 is 0 Å². The molecule has 0 aromatic carbocycles. The molecule has 1 nitrogen and oxygen atoms in total. The Balaban J connectivity index is 4.09. The second-order valence-electron chi connectivity index (χ2n) is 5.22. The number of hydrogen-bond donors (Lipinski definition) is 1. The lowest BCUT2D eigenvalue weighted by molar-refractivity contribution is 0.311. The Labute approximate surface area is 103 Å². The van der Waals surface area contributed by atoms with Crippen molar-refractivity contribution in [2.24, 2.45) is 11.8 Å². The molecular weight excluding hydrogens is 194 g/mol. The second kappa shape index (κ2) is 8.66. The molecular formula is C15H31N. The van der Waals surface area contributed by atoms with Crippen molar-refractivity contribution in [3.8, 4) is 0 Å². The zero-order valence-electron chi connectivity index (χ0n) is 12.0. The van der Waals surface area contributed by atoms with Crippen molar-refractivity contribution in [3.05, 3.63) is 12.3 Å². The fourth-order valence-electron chi connectivity index (χ4n) is 2.42. The lowest BCUT2D eigenvalue weighted by Crippen LogP contribution is -2.34. The first-order valence-electron chi connectivity index (χ1n) is 6.99. The smallest absolute Gasteiger partial charge is 0.0281 e. The van der Waals surface area contributed by atoms with Crippen LogP contribution < -0.4 is 5.32 Å². The molecule has 0 aliphatic rings. The van der Waals surface area contributed by atoms with E-state index in [1.807, 2.05) is 0 Å². The van der Waals surface area contributed by atoms with Crippen LogP contribution in [0.1, 0.15) is 66.7 Å². The van der Waals surface area contributed by atoms with E-state index in [2.05, 4.69) is 46.5 Å². The van der Waals surface area contributed by atoms with E-state index in [0.717, 1.165) is 18.3 Å². The highest BCUT2D eigenvalue weighted by atomic mass is 14.9.